The molecule has 2 aromatic rings. The molecule has 7 heteroatoms. The number of anilines is 1. The summed E-state index contributed by atoms with van der Waals surface area (Å²) < 4.78 is 5.50. The first kappa shape index (κ1) is 21.4. The van der Waals surface area contributed by atoms with E-state index < -0.39 is 0 Å². The van der Waals surface area contributed by atoms with E-state index in [9.17, 15) is 4.79 Å². The van der Waals surface area contributed by atoms with Crippen LogP contribution in [0.15, 0.2) is 53.5 Å². The highest BCUT2D eigenvalue weighted by molar-refractivity contribution is 14.0. The van der Waals surface area contributed by atoms with Crippen LogP contribution in [0.5, 0.6) is 5.75 Å². The minimum absolute atomic E-state index is 0. The molecule has 2 aliphatic heterocycles. The first-order chi connectivity index (χ1) is 13.8. The standard InChI is InChI=1S/C22H26N4O2.HI/c1-23-22(25-14-11-17-7-2-3-8-18(17)15-25)24-12-6-13-26-19-9-4-5-10-20(19)28-16-21(26)27;/h2-5,7-10H,6,11-16H2,1H3,(H,23,24);1H. The van der Waals surface area contributed by atoms with Crippen LogP contribution >= 0.6 is 24.0 Å². The third kappa shape index (κ3) is 4.83. The number of carbonyl (C=O) groups excluding carboxylic acids is 1. The molecule has 2 heterocycles. The smallest absolute Gasteiger partial charge is 0.265 e. The Morgan fingerprint density at radius 1 is 1.14 bits per heavy atom. The molecule has 0 radical (unpaired) electrons. The number of rotatable bonds is 4. The van der Waals surface area contributed by atoms with E-state index in [0.29, 0.717) is 6.54 Å². The van der Waals surface area contributed by atoms with Crippen molar-refractivity contribution in [3.8, 4) is 5.75 Å². The molecule has 0 bridgehead atoms. The van der Waals surface area contributed by atoms with E-state index in [1.807, 2.05) is 36.2 Å². The van der Waals surface area contributed by atoms with Crippen molar-refractivity contribution in [2.45, 2.75) is 19.4 Å². The van der Waals surface area contributed by atoms with Gasteiger partial charge < -0.3 is 19.9 Å². The molecule has 2 aliphatic rings. The molecule has 0 saturated carbocycles. The van der Waals surface area contributed by atoms with Gasteiger partial charge in [0.05, 0.1) is 5.69 Å². The molecule has 4 rings (SSSR count). The van der Waals surface area contributed by atoms with Gasteiger partial charge in [-0.1, -0.05) is 36.4 Å². The van der Waals surface area contributed by atoms with Gasteiger partial charge in [0.25, 0.3) is 5.91 Å². The lowest BCUT2D eigenvalue weighted by atomic mass is 10.0. The zero-order valence-electron chi connectivity index (χ0n) is 16.6. The van der Waals surface area contributed by atoms with Gasteiger partial charge in [0.15, 0.2) is 12.6 Å². The van der Waals surface area contributed by atoms with Crippen molar-refractivity contribution < 1.29 is 9.53 Å². The van der Waals surface area contributed by atoms with Crippen molar-refractivity contribution in [3.63, 3.8) is 0 Å². The molecular formula is C22H27IN4O2. The van der Waals surface area contributed by atoms with E-state index >= 15 is 0 Å². The summed E-state index contributed by atoms with van der Waals surface area (Å²) in [7, 11) is 1.82. The van der Waals surface area contributed by atoms with Gasteiger partial charge >= 0.3 is 0 Å². The molecule has 6 nitrogen and oxygen atoms in total. The number of nitrogens with zero attached hydrogens (tertiary/aromatic N) is 3. The predicted octanol–water partition coefficient (Wildman–Crippen LogP) is 3.05. The minimum atomic E-state index is 0. The molecule has 0 saturated heterocycles. The zero-order chi connectivity index (χ0) is 19.3. The number of hydrogen-bond donors (Lipinski definition) is 1. The number of halogens is 1. The van der Waals surface area contributed by atoms with Crippen LogP contribution in [0.4, 0.5) is 5.69 Å². The van der Waals surface area contributed by atoms with E-state index in [2.05, 4.69) is 39.5 Å². The fourth-order valence-electron chi connectivity index (χ4n) is 3.85. The van der Waals surface area contributed by atoms with Crippen LogP contribution in [0.3, 0.4) is 0 Å². The van der Waals surface area contributed by atoms with Gasteiger partial charge in [0.1, 0.15) is 5.75 Å². The highest BCUT2D eigenvalue weighted by Gasteiger charge is 2.24. The Balaban J connectivity index is 0.00000240. The van der Waals surface area contributed by atoms with Crippen molar-refractivity contribution in [2.24, 2.45) is 4.99 Å². The van der Waals surface area contributed by atoms with E-state index in [1.165, 1.54) is 11.1 Å². The lowest BCUT2D eigenvalue weighted by Crippen LogP contribution is -2.45. The molecule has 0 fully saturated rings. The minimum Gasteiger partial charge on any atom is -0.482 e. The van der Waals surface area contributed by atoms with E-state index in [1.54, 1.807) is 0 Å². The molecule has 2 aromatic carbocycles. The summed E-state index contributed by atoms with van der Waals surface area (Å²) in [6, 6.07) is 16.3. The monoisotopic (exact) mass is 506 g/mol. The summed E-state index contributed by atoms with van der Waals surface area (Å²) in [4.78, 5) is 20.8. The molecule has 0 aromatic heterocycles. The number of nitrogens with one attached hydrogen (secondary N) is 1. The maximum atomic E-state index is 12.3. The van der Waals surface area contributed by atoms with Gasteiger partial charge in [-0.3, -0.25) is 9.79 Å². The maximum absolute atomic E-state index is 12.3. The molecule has 1 amide bonds. The van der Waals surface area contributed by atoms with E-state index in [0.717, 1.165) is 49.9 Å². The van der Waals surface area contributed by atoms with Crippen molar-refractivity contribution in [1.82, 2.24) is 10.2 Å². The molecule has 1 N–H and O–H groups in total. The number of carbonyl (C=O) groups is 1. The normalized spacial score (nSPS) is 15.8. The third-order valence-electron chi connectivity index (χ3n) is 5.29. The number of aliphatic imine (C=N–C) groups is 1. The summed E-state index contributed by atoms with van der Waals surface area (Å²) in [5.74, 6) is 1.71. The van der Waals surface area contributed by atoms with Crippen LogP contribution < -0.4 is 15.0 Å². The molecule has 0 aliphatic carbocycles. The van der Waals surface area contributed by atoms with Gasteiger partial charge in [0, 0.05) is 33.2 Å². The quantitative estimate of drug-likeness (QED) is 0.300. The molecule has 154 valence electrons. The highest BCUT2D eigenvalue weighted by Crippen LogP contribution is 2.31. The lowest BCUT2D eigenvalue weighted by Gasteiger charge is -2.32. The van der Waals surface area contributed by atoms with Gasteiger partial charge in [-0.15, -0.1) is 24.0 Å². The van der Waals surface area contributed by atoms with Crippen molar-refractivity contribution in [3.05, 3.63) is 59.7 Å². The number of guanidine groups is 1. The Hall–Kier alpha value is -2.29. The van der Waals surface area contributed by atoms with Crippen LogP contribution in [0.2, 0.25) is 0 Å². The molecule has 29 heavy (non-hydrogen) atoms. The number of fused-ring (bicyclic) bond motifs is 2. The SMILES string of the molecule is CN=C(NCCCN1C(=O)COc2ccccc21)N1CCc2ccccc2C1.I. The van der Waals surface area contributed by atoms with E-state index in [4.69, 9.17) is 4.74 Å². The fourth-order valence-corrected chi connectivity index (χ4v) is 3.85. The Kier molecular flexibility index (Phi) is 7.35. The average molecular weight is 506 g/mol. The molecule has 0 unspecified atom stereocenters. The summed E-state index contributed by atoms with van der Waals surface area (Å²) in [5.41, 5.74) is 3.65. The van der Waals surface area contributed by atoms with Crippen LogP contribution in [-0.2, 0) is 17.8 Å². The average Bonchev–Trinajstić information content (AvgIpc) is 2.75. The maximum Gasteiger partial charge on any atom is 0.265 e. The van der Waals surface area contributed by atoms with Crippen molar-refractivity contribution >= 4 is 41.5 Å². The third-order valence-corrected chi connectivity index (χ3v) is 5.29. The topological polar surface area (TPSA) is 57.2 Å². The number of amides is 1. The summed E-state index contributed by atoms with van der Waals surface area (Å²) in [5, 5.41) is 3.46. The lowest BCUT2D eigenvalue weighted by molar-refractivity contribution is -0.121. The van der Waals surface area contributed by atoms with Crippen LogP contribution in [0, 0.1) is 0 Å². The van der Waals surface area contributed by atoms with Crippen LogP contribution in [-0.4, -0.2) is 50.1 Å². The van der Waals surface area contributed by atoms with Crippen LogP contribution in [0.25, 0.3) is 0 Å². The zero-order valence-corrected chi connectivity index (χ0v) is 19.0. The highest BCUT2D eigenvalue weighted by atomic mass is 127. The number of benzene rings is 2. The molecule has 0 spiro atoms. The number of para-hydroxylation sites is 2. The van der Waals surface area contributed by atoms with E-state index in [-0.39, 0.29) is 36.5 Å². The molecule has 0 atom stereocenters. The summed E-state index contributed by atoms with van der Waals surface area (Å²) in [6.45, 7) is 3.38. The van der Waals surface area contributed by atoms with Crippen LogP contribution in [0.1, 0.15) is 17.5 Å². The predicted molar refractivity (Wildman–Crippen MR) is 126 cm³/mol. The van der Waals surface area contributed by atoms with Crippen molar-refractivity contribution in [2.75, 3.05) is 38.2 Å². The Morgan fingerprint density at radius 2 is 1.90 bits per heavy atom. The van der Waals surface area contributed by atoms with Gasteiger partial charge in [0.2, 0.25) is 0 Å². The Bertz CT molecular complexity index is 887. The first-order valence-corrected chi connectivity index (χ1v) is 9.81. The second kappa shape index (κ2) is 9.96. The second-order valence-corrected chi connectivity index (χ2v) is 7.07. The number of hydrogen-bond acceptors (Lipinski definition) is 3. The number of ether oxygens (including phenoxy) is 1. The van der Waals surface area contributed by atoms with Crippen molar-refractivity contribution in [1.29, 1.82) is 0 Å². The van der Waals surface area contributed by atoms with Gasteiger partial charge in [-0.05, 0) is 36.1 Å². The molecular weight excluding hydrogens is 479 g/mol. The summed E-state index contributed by atoms with van der Waals surface area (Å²) >= 11 is 0. The fraction of sp³-hybridized carbons (Fsp3) is 0.364. The largest absolute Gasteiger partial charge is 0.482 e. The van der Waals surface area contributed by atoms with Gasteiger partial charge in [-0.25, -0.2) is 0 Å². The van der Waals surface area contributed by atoms with Gasteiger partial charge in [-0.2, -0.15) is 0 Å². The Morgan fingerprint density at radius 3 is 2.72 bits per heavy atom. The first-order valence-electron chi connectivity index (χ1n) is 9.81. The summed E-state index contributed by atoms with van der Waals surface area (Å²) in [6.07, 6.45) is 1.87. The second-order valence-electron chi connectivity index (χ2n) is 7.07. The Labute approximate surface area is 189 Å².